The average molecular weight is 279 g/mol. The predicted molar refractivity (Wildman–Crippen MR) is 81.1 cm³/mol. The monoisotopic (exact) mass is 279 g/mol. The van der Waals surface area contributed by atoms with Crippen molar-refractivity contribution in [2.24, 2.45) is 17.1 Å². The Bertz CT molecular complexity index is 393. The first-order chi connectivity index (χ1) is 9.63. The van der Waals surface area contributed by atoms with Gasteiger partial charge in [-0.2, -0.15) is 0 Å². The summed E-state index contributed by atoms with van der Waals surface area (Å²) in [6.45, 7) is 7.92. The maximum Gasteiger partial charge on any atom is 0.0964 e. The summed E-state index contributed by atoms with van der Waals surface area (Å²) in [7, 11) is 0. The second kappa shape index (κ2) is 7.18. The molecule has 0 amide bonds. The molecule has 1 fully saturated rings. The normalized spacial score (nSPS) is 18.0. The SMILES string of the molecule is CC(C)CC1(CNCc2cn(CCN)nn2)CCCC1. The van der Waals surface area contributed by atoms with Crippen molar-refractivity contribution >= 4 is 0 Å². The molecule has 1 aliphatic carbocycles. The van der Waals surface area contributed by atoms with Crippen LogP contribution in [-0.2, 0) is 13.1 Å². The van der Waals surface area contributed by atoms with Gasteiger partial charge in [0, 0.05) is 25.8 Å². The zero-order valence-electron chi connectivity index (χ0n) is 12.9. The number of rotatable bonds is 8. The highest BCUT2D eigenvalue weighted by Gasteiger charge is 2.33. The number of hydrogen-bond acceptors (Lipinski definition) is 4. The van der Waals surface area contributed by atoms with Crippen molar-refractivity contribution in [2.45, 2.75) is 59.0 Å². The van der Waals surface area contributed by atoms with Crippen LogP contribution in [-0.4, -0.2) is 28.1 Å². The fourth-order valence-electron chi connectivity index (χ4n) is 3.56. The fourth-order valence-corrected chi connectivity index (χ4v) is 3.56. The van der Waals surface area contributed by atoms with Gasteiger partial charge in [0.05, 0.1) is 12.2 Å². The third-order valence-electron chi connectivity index (χ3n) is 4.26. The van der Waals surface area contributed by atoms with Crippen LogP contribution in [0.2, 0.25) is 0 Å². The smallest absolute Gasteiger partial charge is 0.0964 e. The van der Waals surface area contributed by atoms with Gasteiger partial charge in [0.25, 0.3) is 0 Å². The van der Waals surface area contributed by atoms with E-state index in [1.807, 2.05) is 10.9 Å². The largest absolute Gasteiger partial charge is 0.329 e. The van der Waals surface area contributed by atoms with E-state index in [1.165, 1.54) is 32.1 Å². The molecule has 1 saturated carbocycles. The summed E-state index contributed by atoms with van der Waals surface area (Å²) in [6.07, 6.45) is 8.85. The Morgan fingerprint density at radius 1 is 1.40 bits per heavy atom. The third-order valence-corrected chi connectivity index (χ3v) is 4.26. The number of hydrogen-bond donors (Lipinski definition) is 2. The van der Waals surface area contributed by atoms with Crippen molar-refractivity contribution < 1.29 is 0 Å². The van der Waals surface area contributed by atoms with Gasteiger partial charge < -0.3 is 11.1 Å². The van der Waals surface area contributed by atoms with Gasteiger partial charge in [-0.05, 0) is 30.6 Å². The summed E-state index contributed by atoms with van der Waals surface area (Å²) in [4.78, 5) is 0. The lowest BCUT2D eigenvalue weighted by molar-refractivity contribution is 0.223. The number of nitrogens with zero attached hydrogens (tertiary/aromatic N) is 3. The predicted octanol–water partition coefficient (Wildman–Crippen LogP) is 1.93. The van der Waals surface area contributed by atoms with E-state index in [1.54, 1.807) is 0 Å². The minimum absolute atomic E-state index is 0.515. The average Bonchev–Trinajstić information content (AvgIpc) is 3.00. The highest BCUT2D eigenvalue weighted by molar-refractivity contribution is 4.93. The van der Waals surface area contributed by atoms with E-state index < -0.39 is 0 Å². The molecule has 1 heterocycles. The maximum absolute atomic E-state index is 5.51. The molecule has 3 N–H and O–H groups in total. The quantitative estimate of drug-likeness (QED) is 0.763. The van der Waals surface area contributed by atoms with E-state index >= 15 is 0 Å². The minimum atomic E-state index is 0.515. The van der Waals surface area contributed by atoms with E-state index in [0.717, 1.165) is 31.2 Å². The summed E-state index contributed by atoms with van der Waals surface area (Å²) >= 11 is 0. The van der Waals surface area contributed by atoms with Crippen molar-refractivity contribution in [1.29, 1.82) is 0 Å². The highest BCUT2D eigenvalue weighted by atomic mass is 15.4. The molecule has 0 saturated heterocycles. The Morgan fingerprint density at radius 2 is 2.15 bits per heavy atom. The molecule has 1 aromatic rings. The summed E-state index contributed by atoms with van der Waals surface area (Å²) < 4.78 is 1.82. The molecule has 5 nitrogen and oxygen atoms in total. The standard InChI is InChI=1S/C15H29N5/c1-13(2)9-15(5-3-4-6-15)12-17-10-14-11-20(8-7-16)19-18-14/h11,13,17H,3-10,12,16H2,1-2H3. The van der Waals surface area contributed by atoms with E-state index in [0.29, 0.717) is 12.0 Å². The molecule has 0 radical (unpaired) electrons. The molecule has 0 aliphatic heterocycles. The molecular weight excluding hydrogens is 250 g/mol. The summed E-state index contributed by atoms with van der Waals surface area (Å²) in [6, 6.07) is 0. The van der Waals surface area contributed by atoms with Crippen LogP contribution in [0.25, 0.3) is 0 Å². The van der Waals surface area contributed by atoms with Gasteiger partial charge in [0.1, 0.15) is 0 Å². The van der Waals surface area contributed by atoms with Gasteiger partial charge in [0.2, 0.25) is 0 Å². The molecule has 0 unspecified atom stereocenters. The molecular formula is C15H29N5. The molecule has 1 aromatic heterocycles. The van der Waals surface area contributed by atoms with Crippen molar-refractivity contribution in [2.75, 3.05) is 13.1 Å². The second-order valence-corrected chi connectivity index (χ2v) is 6.67. The van der Waals surface area contributed by atoms with Gasteiger partial charge in [0.15, 0.2) is 0 Å². The van der Waals surface area contributed by atoms with Crippen LogP contribution in [0, 0.1) is 11.3 Å². The van der Waals surface area contributed by atoms with Crippen LogP contribution in [0.4, 0.5) is 0 Å². The van der Waals surface area contributed by atoms with E-state index in [9.17, 15) is 0 Å². The van der Waals surface area contributed by atoms with Crippen molar-refractivity contribution in [3.8, 4) is 0 Å². The Balaban J connectivity index is 1.80. The molecule has 0 atom stereocenters. The van der Waals surface area contributed by atoms with Gasteiger partial charge >= 0.3 is 0 Å². The molecule has 0 spiro atoms. The Hall–Kier alpha value is -0.940. The Kier molecular flexibility index (Phi) is 5.54. The number of aromatic nitrogens is 3. The molecule has 20 heavy (non-hydrogen) atoms. The molecule has 0 bridgehead atoms. The topological polar surface area (TPSA) is 68.8 Å². The van der Waals surface area contributed by atoms with Crippen LogP contribution >= 0.6 is 0 Å². The van der Waals surface area contributed by atoms with Gasteiger partial charge in [-0.3, -0.25) is 4.68 Å². The van der Waals surface area contributed by atoms with E-state index in [2.05, 4.69) is 29.5 Å². The fraction of sp³-hybridized carbons (Fsp3) is 0.867. The van der Waals surface area contributed by atoms with Crippen molar-refractivity contribution in [3.63, 3.8) is 0 Å². The summed E-state index contributed by atoms with van der Waals surface area (Å²) in [5.74, 6) is 0.778. The first-order valence-corrected chi connectivity index (χ1v) is 7.93. The number of nitrogens with one attached hydrogen (secondary N) is 1. The third kappa shape index (κ3) is 4.28. The minimum Gasteiger partial charge on any atom is -0.329 e. The molecule has 0 aromatic carbocycles. The molecule has 5 heteroatoms. The lowest BCUT2D eigenvalue weighted by Crippen LogP contribution is -2.33. The van der Waals surface area contributed by atoms with Crippen molar-refractivity contribution in [1.82, 2.24) is 20.3 Å². The molecule has 2 rings (SSSR count). The Morgan fingerprint density at radius 3 is 2.80 bits per heavy atom. The lowest BCUT2D eigenvalue weighted by atomic mass is 9.78. The second-order valence-electron chi connectivity index (χ2n) is 6.67. The zero-order chi connectivity index (χ0) is 14.4. The lowest BCUT2D eigenvalue weighted by Gasteiger charge is -2.31. The highest BCUT2D eigenvalue weighted by Crippen LogP contribution is 2.42. The molecule has 1 aliphatic rings. The Labute approximate surface area is 122 Å². The van der Waals surface area contributed by atoms with Crippen LogP contribution in [0.5, 0.6) is 0 Å². The van der Waals surface area contributed by atoms with Gasteiger partial charge in [-0.1, -0.05) is 31.9 Å². The summed E-state index contributed by atoms with van der Waals surface area (Å²) in [5.41, 5.74) is 7.04. The van der Waals surface area contributed by atoms with Crippen molar-refractivity contribution in [3.05, 3.63) is 11.9 Å². The first-order valence-electron chi connectivity index (χ1n) is 7.93. The van der Waals surface area contributed by atoms with Crippen LogP contribution in [0.15, 0.2) is 6.20 Å². The molecule has 114 valence electrons. The van der Waals surface area contributed by atoms with E-state index in [-0.39, 0.29) is 0 Å². The first kappa shape index (κ1) is 15.4. The summed E-state index contributed by atoms with van der Waals surface area (Å²) in [5, 5.41) is 11.8. The van der Waals surface area contributed by atoms with E-state index in [4.69, 9.17) is 5.73 Å². The zero-order valence-corrected chi connectivity index (χ0v) is 12.9. The van der Waals surface area contributed by atoms with Gasteiger partial charge in [-0.15, -0.1) is 5.10 Å². The maximum atomic E-state index is 5.51. The van der Waals surface area contributed by atoms with Crippen LogP contribution in [0.1, 0.15) is 51.6 Å². The van der Waals surface area contributed by atoms with Gasteiger partial charge in [-0.25, -0.2) is 0 Å². The van der Waals surface area contributed by atoms with Crippen LogP contribution in [0.3, 0.4) is 0 Å². The number of nitrogens with two attached hydrogens (primary N) is 1. The van der Waals surface area contributed by atoms with Crippen LogP contribution < -0.4 is 11.1 Å².